The van der Waals surface area contributed by atoms with Crippen molar-refractivity contribution in [2.45, 2.75) is 6.18 Å². The molecule has 0 unspecified atom stereocenters. The van der Waals surface area contributed by atoms with Crippen molar-refractivity contribution < 1.29 is 17.9 Å². The van der Waals surface area contributed by atoms with E-state index in [-0.39, 0.29) is 9.32 Å². The number of alkyl halides is 3. The second-order valence-electron chi connectivity index (χ2n) is 2.31. The maximum absolute atomic E-state index is 12.4. The fourth-order valence-corrected chi connectivity index (χ4v) is 1.73. The van der Waals surface area contributed by atoms with Crippen LogP contribution >= 0.6 is 22.6 Å². The Bertz CT molecular complexity index is 309. The minimum Gasteiger partial charge on any atom is -0.496 e. The van der Waals surface area contributed by atoms with E-state index in [1.165, 1.54) is 25.3 Å². The van der Waals surface area contributed by atoms with Gasteiger partial charge in [0, 0.05) is 3.57 Å². The summed E-state index contributed by atoms with van der Waals surface area (Å²) in [6, 6.07) is 4.22. The molecule has 0 bridgehead atoms. The smallest absolute Gasteiger partial charge is 0.420 e. The first kappa shape index (κ1) is 10.6. The van der Waals surface area contributed by atoms with Crippen LogP contribution in [0.25, 0.3) is 0 Å². The molecule has 0 saturated carbocycles. The van der Waals surface area contributed by atoms with Crippen LogP contribution < -0.4 is 4.74 Å². The topological polar surface area (TPSA) is 9.23 Å². The van der Waals surface area contributed by atoms with Crippen molar-refractivity contribution in [2.24, 2.45) is 0 Å². The fraction of sp³-hybridized carbons (Fsp3) is 0.250. The predicted molar refractivity (Wildman–Crippen MR) is 50.7 cm³/mol. The van der Waals surface area contributed by atoms with Gasteiger partial charge < -0.3 is 4.74 Å². The van der Waals surface area contributed by atoms with Crippen molar-refractivity contribution in [3.63, 3.8) is 0 Å². The molecule has 0 aromatic heterocycles. The van der Waals surface area contributed by atoms with Gasteiger partial charge in [-0.25, -0.2) is 0 Å². The van der Waals surface area contributed by atoms with Crippen LogP contribution in [0.15, 0.2) is 18.2 Å². The van der Waals surface area contributed by atoms with Crippen LogP contribution in [0, 0.1) is 3.57 Å². The summed E-state index contributed by atoms with van der Waals surface area (Å²) in [5, 5.41) is 0. The summed E-state index contributed by atoms with van der Waals surface area (Å²) < 4.78 is 42.0. The summed E-state index contributed by atoms with van der Waals surface area (Å²) in [6.45, 7) is 0. The molecule has 1 aromatic rings. The third-order valence-corrected chi connectivity index (χ3v) is 2.38. The summed E-state index contributed by atoms with van der Waals surface area (Å²) in [6.07, 6.45) is -4.36. The summed E-state index contributed by atoms with van der Waals surface area (Å²) in [4.78, 5) is 0. The first-order chi connectivity index (χ1) is 5.96. The van der Waals surface area contributed by atoms with Gasteiger partial charge in [-0.1, -0.05) is 6.07 Å². The maximum Gasteiger partial charge on any atom is 0.420 e. The van der Waals surface area contributed by atoms with Crippen molar-refractivity contribution >= 4 is 22.6 Å². The highest BCUT2D eigenvalue weighted by atomic mass is 127. The Labute approximate surface area is 87.0 Å². The van der Waals surface area contributed by atoms with E-state index in [0.717, 1.165) is 0 Å². The van der Waals surface area contributed by atoms with Gasteiger partial charge in [-0.05, 0) is 34.7 Å². The van der Waals surface area contributed by atoms with Gasteiger partial charge in [-0.15, -0.1) is 0 Å². The Morgan fingerprint density at radius 2 is 1.92 bits per heavy atom. The molecule has 0 radical (unpaired) electrons. The van der Waals surface area contributed by atoms with Crippen molar-refractivity contribution in [1.82, 2.24) is 0 Å². The molecular weight excluding hydrogens is 296 g/mol. The third kappa shape index (κ3) is 2.26. The van der Waals surface area contributed by atoms with Crippen LogP contribution in [-0.2, 0) is 6.18 Å². The molecule has 0 aliphatic carbocycles. The maximum atomic E-state index is 12.4. The standard InChI is InChI=1S/C8H6F3IO/c1-13-6-4-2-3-5(12)7(6)8(9,10)11/h2-4H,1H3. The second kappa shape index (κ2) is 3.73. The number of methoxy groups -OCH3 is 1. The molecule has 0 aliphatic heterocycles. The number of benzene rings is 1. The highest BCUT2D eigenvalue weighted by Crippen LogP contribution is 2.38. The molecule has 72 valence electrons. The van der Waals surface area contributed by atoms with Crippen LogP contribution in [0.5, 0.6) is 5.75 Å². The highest BCUT2D eigenvalue weighted by molar-refractivity contribution is 14.1. The van der Waals surface area contributed by atoms with Gasteiger partial charge in [-0.2, -0.15) is 13.2 Å². The molecule has 0 atom stereocenters. The lowest BCUT2D eigenvalue weighted by atomic mass is 10.2. The van der Waals surface area contributed by atoms with Gasteiger partial charge in [-0.3, -0.25) is 0 Å². The molecule has 0 spiro atoms. The lowest BCUT2D eigenvalue weighted by molar-refractivity contribution is -0.139. The van der Waals surface area contributed by atoms with Crippen LogP contribution in [0.4, 0.5) is 13.2 Å². The van der Waals surface area contributed by atoms with Crippen LogP contribution in [0.3, 0.4) is 0 Å². The van der Waals surface area contributed by atoms with E-state index >= 15 is 0 Å². The number of ether oxygens (including phenoxy) is 1. The Kier molecular flexibility index (Phi) is 3.05. The van der Waals surface area contributed by atoms with Gasteiger partial charge >= 0.3 is 6.18 Å². The van der Waals surface area contributed by atoms with Gasteiger partial charge in [0.05, 0.1) is 7.11 Å². The van der Waals surface area contributed by atoms with Gasteiger partial charge in [0.25, 0.3) is 0 Å². The average Bonchev–Trinajstić information content (AvgIpc) is 2.01. The minimum atomic E-state index is -4.36. The summed E-state index contributed by atoms with van der Waals surface area (Å²) in [7, 11) is 1.22. The normalized spacial score (nSPS) is 11.5. The fourth-order valence-electron chi connectivity index (χ4n) is 0.950. The van der Waals surface area contributed by atoms with Crippen molar-refractivity contribution in [3.8, 4) is 5.75 Å². The van der Waals surface area contributed by atoms with Crippen LogP contribution in [0.2, 0.25) is 0 Å². The summed E-state index contributed by atoms with van der Waals surface area (Å²) in [5.74, 6) is -0.139. The molecule has 13 heavy (non-hydrogen) atoms. The van der Waals surface area contributed by atoms with Crippen molar-refractivity contribution in [1.29, 1.82) is 0 Å². The van der Waals surface area contributed by atoms with E-state index in [0.29, 0.717) is 0 Å². The van der Waals surface area contributed by atoms with Crippen LogP contribution in [0.1, 0.15) is 5.56 Å². The minimum absolute atomic E-state index is 0.139. The van der Waals surface area contributed by atoms with E-state index in [1.807, 2.05) is 0 Å². The zero-order valence-corrected chi connectivity index (χ0v) is 8.81. The Balaban J connectivity index is 3.32. The largest absolute Gasteiger partial charge is 0.496 e. The first-order valence-electron chi connectivity index (χ1n) is 3.36. The van der Waals surface area contributed by atoms with E-state index in [4.69, 9.17) is 0 Å². The van der Waals surface area contributed by atoms with Crippen LogP contribution in [-0.4, -0.2) is 7.11 Å². The Hall–Kier alpha value is -0.460. The average molecular weight is 302 g/mol. The molecule has 5 heteroatoms. The lowest BCUT2D eigenvalue weighted by Gasteiger charge is -2.12. The third-order valence-electron chi connectivity index (χ3n) is 1.48. The zero-order chi connectivity index (χ0) is 10.1. The molecule has 0 aliphatic rings. The van der Waals surface area contributed by atoms with E-state index in [9.17, 15) is 13.2 Å². The monoisotopic (exact) mass is 302 g/mol. The van der Waals surface area contributed by atoms with Crippen molar-refractivity contribution in [3.05, 3.63) is 27.3 Å². The Morgan fingerprint density at radius 3 is 2.31 bits per heavy atom. The molecule has 0 fully saturated rings. The predicted octanol–water partition coefficient (Wildman–Crippen LogP) is 3.32. The molecule has 0 saturated heterocycles. The molecule has 0 N–H and O–H groups in total. The van der Waals surface area contributed by atoms with Gasteiger partial charge in [0.1, 0.15) is 11.3 Å². The number of hydrogen-bond acceptors (Lipinski definition) is 1. The van der Waals surface area contributed by atoms with Gasteiger partial charge in [0.15, 0.2) is 0 Å². The summed E-state index contributed by atoms with van der Waals surface area (Å²) >= 11 is 1.63. The SMILES string of the molecule is COc1cccc(I)c1C(F)(F)F. The quantitative estimate of drug-likeness (QED) is 0.723. The molecular formula is C8H6F3IO. The molecule has 1 rings (SSSR count). The van der Waals surface area contributed by atoms with Crippen molar-refractivity contribution in [2.75, 3.05) is 7.11 Å². The van der Waals surface area contributed by atoms with E-state index in [1.54, 1.807) is 22.6 Å². The highest BCUT2D eigenvalue weighted by Gasteiger charge is 2.36. The number of rotatable bonds is 1. The molecule has 0 heterocycles. The molecule has 1 nitrogen and oxygen atoms in total. The Morgan fingerprint density at radius 1 is 1.31 bits per heavy atom. The second-order valence-corrected chi connectivity index (χ2v) is 3.48. The first-order valence-corrected chi connectivity index (χ1v) is 4.44. The van der Waals surface area contributed by atoms with E-state index in [2.05, 4.69) is 4.74 Å². The summed E-state index contributed by atoms with van der Waals surface area (Å²) in [5.41, 5.74) is -0.710. The molecule has 1 aromatic carbocycles. The number of halogens is 4. The number of hydrogen-bond donors (Lipinski definition) is 0. The lowest BCUT2D eigenvalue weighted by Crippen LogP contribution is -2.09. The van der Waals surface area contributed by atoms with E-state index < -0.39 is 11.7 Å². The van der Waals surface area contributed by atoms with Gasteiger partial charge in [0.2, 0.25) is 0 Å². The zero-order valence-electron chi connectivity index (χ0n) is 6.65. The molecule has 0 amide bonds.